The van der Waals surface area contributed by atoms with Gasteiger partial charge in [0, 0.05) is 33.3 Å². The van der Waals surface area contributed by atoms with Crippen LogP contribution in [-0.4, -0.2) is 0 Å². The topological polar surface area (TPSA) is 3.24 Å². The van der Waals surface area contributed by atoms with Crippen molar-refractivity contribution in [3.63, 3.8) is 0 Å². The summed E-state index contributed by atoms with van der Waals surface area (Å²) in [6, 6.07) is 62.1. The van der Waals surface area contributed by atoms with Gasteiger partial charge in [0.15, 0.2) is 0 Å². The van der Waals surface area contributed by atoms with Gasteiger partial charge in [-0.05, 0) is 176 Å². The molecule has 11 rings (SSSR count). The van der Waals surface area contributed by atoms with Crippen LogP contribution < -0.4 is 4.90 Å². The maximum absolute atomic E-state index is 2.63. The summed E-state index contributed by atoms with van der Waals surface area (Å²) in [5.74, 6) is 0. The Labute approximate surface area is 438 Å². The van der Waals surface area contributed by atoms with E-state index in [-0.39, 0.29) is 16.2 Å². The molecule has 1 heteroatoms. The van der Waals surface area contributed by atoms with E-state index in [0.717, 1.165) is 18.5 Å². The summed E-state index contributed by atoms with van der Waals surface area (Å²) in [7, 11) is 0. The predicted molar refractivity (Wildman–Crippen MR) is 314 cm³/mol. The summed E-state index contributed by atoms with van der Waals surface area (Å²) >= 11 is 0. The van der Waals surface area contributed by atoms with Gasteiger partial charge in [-0.3, -0.25) is 0 Å². The highest BCUT2D eigenvalue weighted by Gasteiger charge is 2.43. The molecule has 0 fully saturated rings. The lowest BCUT2D eigenvalue weighted by Gasteiger charge is -2.33. The van der Waals surface area contributed by atoms with Gasteiger partial charge < -0.3 is 4.90 Å². The smallest absolute Gasteiger partial charge is 0.0465 e. The lowest BCUT2D eigenvalue weighted by Crippen LogP contribution is -2.25. The van der Waals surface area contributed by atoms with Crippen LogP contribution in [0.25, 0.3) is 55.6 Å². The molecule has 3 aliphatic rings. The summed E-state index contributed by atoms with van der Waals surface area (Å²) in [6.45, 7) is 21.1. The molecule has 3 aliphatic carbocycles. The fraction of sp³-hybridized carbons (Fsp3) is 0.333. The van der Waals surface area contributed by atoms with Crippen LogP contribution in [0.1, 0.15) is 169 Å². The number of hydrogen-bond donors (Lipinski definition) is 0. The lowest BCUT2D eigenvalue weighted by molar-refractivity contribution is 0.401. The Balaban J connectivity index is 0.975. The van der Waals surface area contributed by atoms with Crippen molar-refractivity contribution in [3.8, 4) is 55.6 Å². The molecule has 0 aliphatic heterocycles. The van der Waals surface area contributed by atoms with Gasteiger partial charge in [0.1, 0.15) is 0 Å². The second-order valence-electron chi connectivity index (χ2n) is 23.4. The van der Waals surface area contributed by atoms with Crippen molar-refractivity contribution in [2.75, 3.05) is 4.90 Å². The zero-order valence-electron chi connectivity index (χ0n) is 45.4. The molecule has 8 aromatic carbocycles. The number of aryl methyl sites for hydroxylation is 3. The van der Waals surface area contributed by atoms with Crippen molar-refractivity contribution < 1.29 is 0 Å². The minimum atomic E-state index is -0.206. The molecule has 1 nitrogen and oxygen atoms in total. The second-order valence-corrected chi connectivity index (χ2v) is 23.4. The van der Waals surface area contributed by atoms with E-state index in [9.17, 15) is 0 Å². The van der Waals surface area contributed by atoms with Gasteiger partial charge in [-0.15, -0.1) is 0 Å². The Morgan fingerprint density at radius 1 is 0.329 bits per heavy atom. The standard InChI is InChI=1S/C72H77N/c1-10-13-15-17-40-72(41-18-16-14-11-2)68-43-49(5)21-35-62(68)63-37-29-54(45-69(63)72)53-28-36-59-61-39-33-57(47-67(61)71(8,9)65(59)44-53)73(55-30-26-52(27-31-55)51-24-22-50(19-12-3)23-25-51)56-32-38-60-58-34-20-48(4)42-64(58)70(6,7)66(60)46-56/h20-39,42-47H,10-19,40-41H2,1-9H3. The Kier molecular flexibility index (Phi) is 13.0. The van der Waals surface area contributed by atoms with E-state index < -0.39 is 0 Å². The van der Waals surface area contributed by atoms with Gasteiger partial charge in [0.05, 0.1) is 0 Å². The van der Waals surface area contributed by atoms with Crippen molar-refractivity contribution in [1.82, 2.24) is 0 Å². The molecule has 370 valence electrons. The Hall–Kier alpha value is -6.44. The van der Waals surface area contributed by atoms with Gasteiger partial charge >= 0.3 is 0 Å². The van der Waals surface area contributed by atoms with Crippen molar-refractivity contribution in [2.45, 2.75) is 156 Å². The number of rotatable bonds is 17. The zero-order valence-corrected chi connectivity index (χ0v) is 45.4. The quantitative estimate of drug-likeness (QED) is 0.0822. The molecule has 0 N–H and O–H groups in total. The Morgan fingerprint density at radius 3 is 1.19 bits per heavy atom. The Bertz CT molecular complexity index is 3330. The minimum absolute atomic E-state index is 0.0560. The average molecular weight is 956 g/mol. The number of benzene rings is 8. The van der Waals surface area contributed by atoms with Crippen LogP contribution in [-0.2, 0) is 22.7 Å². The van der Waals surface area contributed by atoms with Crippen LogP contribution in [0.2, 0.25) is 0 Å². The van der Waals surface area contributed by atoms with Gasteiger partial charge in [-0.1, -0.05) is 227 Å². The Morgan fingerprint density at radius 2 is 0.699 bits per heavy atom. The van der Waals surface area contributed by atoms with Crippen LogP contribution in [0.3, 0.4) is 0 Å². The van der Waals surface area contributed by atoms with E-state index in [4.69, 9.17) is 0 Å². The summed E-state index contributed by atoms with van der Waals surface area (Å²) in [4.78, 5) is 2.50. The van der Waals surface area contributed by atoms with Gasteiger partial charge in [0.2, 0.25) is 0 Å². The molecule has 0 saturated carbocycles. The first-order valence-electron chi connectivity index (χ1n) is 28.2. The average Bonchev–Trinajstić information content (AvgIpc) is 3.89. The summed E-state index contributed by atoms with van der Waals surface area (Å²) in [5, 5.41) is 0. The van der Waals surface area contributed by atoms with Crippen LogP contribution in [0.4, 0.5) is 17.1 Å². The number of unbranched alkanes of at least 4 members (excludes halogenated alkanes) is 6. The van der Waals surface area contributed by atoms with E-state index in [1.807, 2.05) is 0 Å². The molecule has 0 bridgehead atoms. The molecule has 0 spiro atoms. The molecule has 0 heterocycles. The molecule has 0 atom stereocenters. The number of anilines is 3. The molecule has 0 radical (unpaired) electrons. The first-order chi connectivity index (χ1) is 35.4. The molecule has 8 aromatic rings. The first kappa shape index (κ1) is 48.8. The fourth-order valence-corrected chi connectivity index (χ4v) is 13.6. The van der Waals surface area contributed by atoms with Crippen molar-refractivity contribution >= 4 is 17.1 Å². The summed E-state index contributed by atoms with van der Waals surface area (Å²) in [5.41, 5.74) is 29.6. The highest BCUT2D eigenvalue weighted by Crippen LogP contribution is 2.57. The summed E-state index contributed by atoms with van der Waals surface area (Å²) in [6.07, 6.45) is 15.1. The third kappa shape index (κ3) is 8.50. The molecule has 73 heavy (non-hydrogen) atoms. The number of hydrogen-bond acceptors (Lipinski definition) is 1. The highest BCUT2D eigenvalue weighted by atomic mass is 15.1. The number of nitrogens with zero attached hydrogens (tertiary/aromatic N) is 1. The molecule has 0 saturated heterocycles. The van der Waals surface area contributed by atoms with Crippen molar-refractivity contribution in [2.24, 2.45) is 0 Å². The predicted octanol–water partition coefficient (Wildman–Crippen LogP) is 20.9. The van der Waals surface area contributed by atoms with Gasteiger partial charge in [-0.2, -0.15) is 0 Å². The second kappa shape index (κ2) is 19.4. The number of fused-ring (bicyclic) bond motifs is 9. The SMILES string of the molecule is CCCCCCC1(CCCCCC)c2cc(C)ccc2-c2ccc(-c3ccc4c(c3)C(C)(C)c3cc(N(c5ccc(-c6ccc(CCC)cc6)cc5)c5ccc6c(c5)C(C)(C)c5cc(C)ccc5-6)ccc3-4)cc21. The summed E-state index contributed by atoms with van der Waals surface area (Å²) < 4.78 is 0. The van der Waals surface area contributed by atoms with E-state index in [2.05, 4.69) is 225 Å². The van der Waals surface area contributed by atoms with Crippen LogP contribution in [0.15, 0.2) is 158 Å². The van der Waals surface area contributed by atoms with Crippen molar-refractivity contribution in [3.05, 3.63) is 208 Å². The van der Waals surface area contributed by atoms with E-state index in [0.29, 0.717) is 0 Å². The highest BCUT2D eigenvalue weighted by molar-refractivity contribution is 5.91. The van der Waals surface area contributed by atoms with E-state index >= 15 is 0 Å². The molecule has 0 aromatic heterocycles. The van der Waals surface area contributed by atoms with Crippen LogP contribution in [0, 0.1) is 13.8 Å². The van der Waals surface area contributed by atoms with Gasteiger partial charge in [0.25, 0.3) is 0 Å². The monoisotopic (exact) mass is 956 g/mol. The zero-order chi connectivity index (χ0) is 50.6. The largest absolute Gasteiger partial charge is 0.310 e. The first-order valence-corrected chi connectivity index (χ1v) is 28.2. The minimum Gasteiger partial charge on any atom is -0.310 e. The maximum atomic E-state index is 2.63. The molecular formula is C72H77N. The molecule has 0 unspecified atom stereocenters. The third-order valence-corrected chi connectivity index (χ3v) is 17.7. The fourth-order valence-electron chi connectivity index (χ4n) is 13.6. The molecule has 0 amide bonds. The third-order valence-electron chi connectivity index (χ3n) is 17.7. The van der Waals surface area contributed by atoms with E-state index in [1.165, 1.54) is 170 Å². The van der Waals surface area contributed by atoms with Gasteiger partial charge in [-0.25, -0.2) is 0 Å². The van der Waals surface area contributed by atoms with Crippen molar-refractivity contribution in [1.29, 1.82) is 0 Å². The maximum Gasteiger partial charge on any atom is 0.0465 e. The lowest BCUT2D eigenvalue weighted by atomic mass is 9.70. The van der Waals surface area contributed by atoms with Crippen LogP contribution in [0.5, 0.6) is 0 Å². The normalized spacial score (nSPS) is 14.8. The van der Waals surface area contributed by atoms with E-state index in [1.54, 1.807) is 11.1 Å². The van der Waals surface area contributed by atoms with Crippen LogP contribution >= 0.6 is 0 Å². The molecular weight excluding hydrogens is 879 g/mol.